The van der Waals surface area contributed by atoms with Crippen LogP contribution in [0.4, 0.5) is 41.2 Å². The van der Waals surface area contributed by atoms with E-state index >= 15 is 0 Å². The molecule has 0 radical (unpaired) electrons. The van der Waals surface area contributed by atoms with E-state index in [1.54, 1.807) is 0 Å². The van der Waals surface area contributed by atoms with Crippen LogP contribution < -0.4 is 25.8 Å². The zero-order valence-electron chi connectivity index (χ0n) is 23.6. The van der Waals surface area contributed by atoms with E-state index in [1.807, 2.05) is 18.0 Å². The number of nitrogens with zero attached hydrogens (tertiary/aromatic N) is 5. The van der Waals surface area contributed by atoms with E-state index < -0.39 is 33.2 Å². The number of nitrogens with one attached hydrogen (secondary N) is 3. The van der Waals surface area contributed by atoms with Crippen LogP contribution in [0.5, 0.6) is 0 Å². The molecule has 0 saturated carbocycles. The number of carbonyl (C=O) groups excluding carboxylic acids is 1. The number of anilines is 4. The largest absolute Gasteiger partial charge is 0.417 e. The van der Waals surface area contributed by atoms with Gasteiger partial charge in [-0.25, -0.2) is 4.79 Å². The lowest BCUT2D eigenvalue weighted by Gasteiger charge is -2.22. The molecular formula is C25H36ClF3N8O5S. The smallest absolute Gasteiger partial charge is 0.369 e. The average Bonchev–Trinajstić information content (AvgIpc) is 3.63. The van der Waals surface area contributed by atoms with Crippen molar-refractivity contribution in [2.75, 3.05) is 79.8 Å². The highest BCUT2D eigenvalue weighted by Crippen LogP contribution is 2.36. The highest BCUT2D eigenvalue weighted by atomic mass is 35.5. The molecule has 2 saturated heterocycles. The number of aromatic nitrogens is 2. The van der Waals surface area contributed by atoms with E-state index in [4.69, 9.17) is 39.1 Å². The molecule has 3 heterocycles. The summed E-state index contributed by atoms with van der Waals surface area (Å²) in [4.78, 5) is 28.3. The van der Waals surface area contributed by atoms with Gasteiger partial charge in [-0.1, -0.05) is 11.6 Å². The van der Waals surface area contributed by atoms with E-state index in [2.05, 4.69) is 25.8 Å². The number of carbonyl (C=O) groups is 1. The fourth-order valence-corrected chi connectivity index (χ4v) is 4.75. The quantitative estimate of drug-likeness (QED) is 0.237. The summed E-state index contributed by atoms with van der Waals surface area (Å²) in [5.41, 5.74) is -0.976. The first-order valence-electron chi connectivity index (χ1n) is 13.6. The second kappa shape index (κ2) is 15.6. The second-order valence-electron chi connectivity index (χ2n) is 10.1. The van der Waals surface area contributed by atoms with Crippen molar-refractivity contribution < 1.29 is 35.5 Å². The van der Waals surface area contributed by atoms with E-state index in [9.17, 15) is 18.0 Å². The number of likely N-dealkylation sites (N-methyl/N-ethyl adjacent to an activating group) is 1. The summed E-state index contributed by atoms with van der Waals surface area (Å²) in [7, 11) is -2.73. The molecule has 0 bridgehead atoms. The van der Waals surface area contributed by atoms with Gasteiger partial charge in [0.1, 0.15) is 11.6 Å². The molecule has 240 valence electrons. The zero-order chi connectivity index (χ0) is 31.6. The van der Waals surface area contributed by atoms with Crippen LogP contribution in [0.2, 0.25) is 5.02 Å². The van der Waals surface area contributed by atoms with Gasteiger partial charge in [0.15, 0.2) is 0 Å². The van der Waals surface area contributed by atoms with Gasteiger partial charge in [-0.05, 0) is 50.9 Å². The lowest BCUT2D eigenvalue weighted by Crippen LogP contribution is -2.37. The van der Waals surface area contributed by atoms with E-state index in [1.165, 1.54) is 18.9 Å². The molecule has 1 aromatic heterocycles. The van der Waals surface area contributed by atoms with Crippen molar-refractivity contribution >= 4 is 51.3 Å². The summed E-state index contributed by atoms with van der Waals surface area (Å²) in [5, 5.41) is 8.07. The van der Waals surface area contributed by atoms with Gasteiger partial charge in [-0.3, -0.25) is 9.11 Å². The van der Waals surface area contributed by atoms with E-state index in [0.29, 0.717) is 26.2 Å². The molecule has 2 aliphatic rings. The van der Waals surface area contributed by atoms with Crippen LogP contribution in [-0.4, -0.2) is 97.8 Å². The van der Waals surface area contributed by atoms with Crippen LogP contribution in [0.25, 0.3) is 0 Å². The number of hydrogen-bond acceptors (Lipinski definition) is 9. The molecule has 4 rings (SSSR count). The third-order valence-corrected chi connectivity index (χ3v) is 6.96. The van der Waals surface area contributed by atoms with Crippen LogP contribution in [0.3, 0.4) is 0 Å². The minimum absolute atomic E-state index is 0.0169. The Kier molecular flexibility index (Phi) is 12.4. The third kappa shape index (κ3) is 12.2. The topological polar surface area (TPSA) is 163 Å². The first-order chi connectivity index (χ1) is 20.2. The van der Waals surface area contributed by atoms with Crippen LogP contribution in [0.1, 0.15) is 31.2 Å². The molecule has 18 heteroatoms. The van der Waals surface area contributed by atoms with Crippen LogP contribution in [0.15, 0.2) is 24.3 Å². The van der Waals surface area contributed by atoms with Crippen LogP contribution in [0, 0.1) is 0 Å². The first-order valence-corrected chi connectivity index (χ1v) is 15.4. The first kappa shape index (κ1) is 34.4. The maximum atomic E-state index is 13.0. The van der Waals surface area contributed by atoms with Gasteiger partial charge in [0.2, 0.25) is 5.95 Å². The fraction of sp³-hybridized carbons (Fsp3) is 0.560. The summed E-state index contributed by atoms with van der Waals surface area (Å²) in [6.07, 6.45) is 0.0730. The number of hydrogen-bond donors (Lipinski definition) is 5. The van der Waals surface area contributed by atoms with Gasteiger partial charge in [0, 0.05) is 64.1 Å². The van der Waals surface area contributed by atoms with E-state index in [-0.39, 0.29) is 5.69 Å². The lowest BCUT2D eigenvalue weighted by atomic mass is 10.2. The minimum Gasteiger partial charge on any atom is -0.369 e. The second-order valence-corrected chi connectivity index (χ2v) is 11.4. The Hall–Kier alpha value is -3.12. The van der Waals surface area contributed by atoms with Gasteiger partial charge in [-0.15, -0.1) is 0 Å². The molecule has 13 nitrogen and oxygen atoms in total. The van der Waals surface area contributed by atoms with Crippen molar-refractivity contribution in [1.29, 1.82) is 0 Å². The molecule has 0 atom stereocenters. The molecular weight excluding hydrogens is 617 g/mol. The summed E-state index contributed by atoms with van der Waals surface area (Å²) in [6, 6.07) is 4.68. The van der Waals surface area contributed by atoms with Crippen LogP contribution >= 0.6 is 11.6 Å². The lowest BCUT2D eigenvalue weighted by molar-refractivity contribution is -0.137. The number of rotatable bonds is 10. The number of benzene rings is 1. The molecule has 0 unspecified atom stereocenters. The summed E-state index contributed by atoms with van der Waals surface area (Å²) < 4.78 is 70.6. The summed E-state index contributed by atoms with van der Waals surface area (Å²) >= 11 is 5.62. The molecule has 2 aromatic rings. The average molecular weight is 653 g/mol. The van der Waals surface area contributed by atoms with Gasteiger partial charge < -0.3 is 30.7 Å². The van der Waals surface area contributed by atoms with Crippen molar-refractivity contribution in [3.05, 3.63) is 34.9 Å². The predicted octanol–water partition coefficient (Wildman–Crippen LogP) is 3.86. The Bertz CT molecular complexity index is 1280. The van der Waals surface area contributed by atoms with Crippen LogP contribution in [-0.2, 0) is 16.6 Å². The molecule has 2 amide bonds. The number of amides is 2. The maximum absolute atomic E-state index is 13.0. The van der Waals surface area contributed by atoms with Crippen molar-refractivity contribution in [2.24, 2.45) is 0 Å². The highest BCUT2D eigenvalue weighted by molar-refractivity contribution is 7.79. The third-order valence-electron chi connectivity index (χ3n) is 6.63. The molecule has 0 spiro atoms. The summed E-state index contributed by atoms with van der Waals surface area (Å²) in [6.45, 7) is 6.24. The SMILES string of the molecule is CN(CCNC(=O)Nc1ccc(Cl)c(C(F)(F)F)c1)CCNc1cc(N2CCCC2)nc(N2CCCC2)n1.O=S(=O)(O)O. The fourth-order valence-electron chi connectivity index (χ4n) is 4.52. The summed E-state index contributed by atoms with van der Waals surface area (Å²) in [5.74, 6) is 2.55. The Morgan fingerprint density at radius 1 is 1.00 bits per heavy atom. The number of halogens is 4. The van der Waals surface area contributed by atoms with E-state index in [0.717, 1.165) is 68.7 Å². The van der Waals surface area contributed by atoms with Gasteiger partial charge in [-0.2, -0.15) is 31.6 Å². The Morgan fingerprint density at radius 3 is 2.19 bits per heavy atom. The van der Waals surface area contributed by atoms with Gasteiger partial charge >= 0.3 is 22.6 Å². The number of alkyl halides is 3. The standard InChI is InChI=1S/C25H34ClF3N8O.H2O4S/c1-35(15-9-31-24(38)32-18-6-7-20(26)19(16-18)25(27,28)29)14-8-30-21-17-22(36-10-2-3-11-36)34-23(33-21)37-12-4-5-13-37;1-5(2,3)4/h6-7,16-17H,2-5,8-15H2,1H3,(H,30,33,34)(H2,31,32,38);(H2,1,2,3,4). The molecule has 2 aliphatic heterocycles. The Morgan fingerprint density at radius 2 is 1.58 bits per heavy atom. The van der Waals surface area contributed by atoms with Crippen molar-refractivity contribution in [2.45, 2.75) is 31.9 Å². The van der Waals surface area contributed by atoms with Crippen molar-refractivity contribution in [3.8, 4) is 0 Å². The molecule has 2 fully saturated rings. The molecule has 0 aliphatic carbocycles. The monoisotopic (exact) mass is 652 g/mol. The molecule has 5 N–H and O–H groups in total. The number of urea groups is 1. The Labute approximate surface area is 253 Å². The predicted molar refractivity (Wildman–Crippen MR) is 159 cm³/mol. The van der Waals surface area contributed by atoms with Crippen molar-refractivity contribution in [1.82, 2.24) is 20.2 Å². The molecule has 1 aromatic carbocycles. The normalized spacial score (nSPS) is 15.3. The Balaban J connectivity index is 0.000000934. The van der Waals surface area contributed by atoms with Gasteiger partial charge in [0.05, 0.1) is 10.6 Å². The molecule has 43 heavy (non-hydrogen) atoms. The minimum atomic E-state index is -4.67. The van der Waals surface area contributed by atoms with Crippen molar-refractivity contribution in [3.63, 3.8) is 0 Å². The van der Waals surface area contributed by atoms with Gasteiger partial charge in [0.25, 0.3) is 0 Å². The zero-order valence-corrected chi connectivity index (χ0v) is 25.1. The highest BCUT2D eigenvalue weighted by Gasteiger charge is 2.33. The maximum Gasteiger partial charge on any atom is 0.417 e.